The van der Waals surface area contributed by atoms with Crippen LogP contribution in [0.1, 0.15) is 17.8 Å². The van der Waals surface area contributed by atoms with Crippen LogP contribution < -0.4 is 10.1 Å². The van der Waals surface area contributed by atoms with Gasteiger partial charge in [0.2, 0.25) is 5.88 Å². The van der Waals surface area contributed by atoms with Gasteiger partial charge in [-0.2, -0.15) is 4.37 Å². The van der Waals surface area contributed by atoms with Crippen LogP contribution in [0, 0.1) is 0 Å². The van der Waals surface area contributed by atoms with Crippen molar-refractivity contribution >= 4 is 11.5 Å². The highest BCUT2D eigenvalue weighted by Crippen LogP contribution is 2.22. The minimum absolute atomic E-state index is 0.120. The summed E-state index contributed by atoms with van der Waals surface area (Å²) in [7, 11) is 1.52. The molecule has 1 unspecified atom stereocenters. The van der Waals surface area contributed by atoms with Crippen LogP contribution in [-0.2, 0) is 0 Å². The molecule has 0 radical (unpaired) electrons. The highest BCUT2D eigenvalue weighted by molar-refractivity contribution is 7.06. The van der Waals surface area contributed by atoms with E-state index in [9.17, 15) is 8.78 Å². The van der Waals surface area contributed by atoms with Crippen molar-refractivity contribution in [2.45, 2.75) is 19.4 Å². The maximum Gasteiger partial charge on any atom is 0.250 e. The Balaban J connectivity index is 2.47. The van der Waals surface area contributed by atoms with E-state index in [-0.39, 0.29) is 12.6 Å². The Hall–Kier alpha value is -0.750. The Morgan fingerprint density at radius 3 is 2.86 bits per heavy atom. The van der Waals surface area contributed by atoms with E-state index < -0.39 is 6.43 Å². The molecule has 0 amide bonds. The highest BCUT2D eigenvalue weighted by atomic mass is 32.1. The normalized spacial score (nSPS) is 13.2. The summed E-state index contributed by atoms with van der Waals surface area (Å²) < 4.78 is 32.6. The highest BCUT2D eigenvalue weighted by Gasteiger charge is 2.11. The summed E-state index contributed by atoms with van der Waals surface area (Å²) in [5.41, 5.74) is 0. The summed E-state index contributed by atoms with van der Waals surface area (Å²) in [4.78, 5) is 0.891. The van der Waals surface area contributed by atoms with Gasteiger partial charge >= 0.3 is 0 Å². The van der Waals surface area contributed by atoms with Crippen LogP contribution in [0.4, 0.5) is 8.78 Å². The number of alkyl halides is 2. The Kier molecular flexibility index (Phi) is 4.21. The molecule has 1 N–H and O–H groups in total. The predicted molar refractivity (Wildman–Crippen MR) is 51.1 cm³/mol. The van der Waals surface area contributed by atoms with E-state index >= 15 is 0 Å². The lowest BCUT2D eigenvalue weighted by Crippen LogP contribution is -2.23. The summed E-state index contributed by atoms with van der Waals surface area (Å²) in [5.74, 6) is 0.524. The van der Waals surface area contributed by atoms with Crippen molar-refractivity contribution in [1.29, 1.82) is 0 Å². The summed E-state index contributed by atoms with van der Waals surface area (Å²) in [5, 5.41) is 2.70. The Bertz CT molecular complexity index is 280. The van der Waals surface area contributed by atoms with E-state index in [0.717, 1.165) is 4.88 Å². The fourth-order valence-electron chi connectivity index (χ4n) is 0.939. The van der Waals surface area contributed by atoms with Gasteiger partial charge in [0.1, 0.15) is 0 Å². The van der Waals surface area contributed by atoms with Crippen molar-refractivity contribution in [2.24, 2.45) is 0 Å². The van der Waals surface area contributed by atoms with E-state index in [1.54, 1.807) is 6.07 Å². The first-order valence-corrected chi connectivity index (χ1v) is 4.93. The molecule has 0 saturated heterocycles. The number of hydrogen-bond acceptors (Lipinski definition) is 4. The molecule has 0 fully saturated rings. The zero-order valence-corrected chi connectivity index (χ0v) is 8.78. The van der Waals surface area contributed by atoms with Gasteiger partial charge in [-0.3, -0.25) is 0 Å². The van der Waals surface area contributed by atoms with Crippen LogP contribution in [0.15, 0.2) is 6.07 Å². The van der Waals surface area contributed by atoms with Gasteiger partial charge < -0.3 is 10.1 Å². The van der Waals surface area contributed by atoms with Gasteiger partial charge in [0.05, 0.1) is 13.7 Å². The number of hydrogen-bond donors (Lipinski definition) is 1. The van der Waals surface area contributed by atoms with E-state index in [4.69, 9.17) is 4.74 Å². The van der Waals surface area contributed by atoms with Gasteiger partial charge in [0, 0.05) is 17.0 Å². The van der Waals surface area contributed by atoms with Crippen molar-refractivity contribution in [3.05, 3.63) is 10.9 Å². The van der Waals surface area contributed by atoms with Crippen molar-refractivity contribution in [3.8, 4) is 5.88 Å². The third-order valence-corrected chi connectivity index (χ3v) is 2.67. The van der Waals surface area contributed by atoms with Gasteiger partial charge in [-0.25, -0.2) is 8.78 Å². The average Bonchev–Trinajstić information content (AvgIpc) is 2.62. The maximum absolute atomic E-state index is 11.9. The largest absolute Gasteiger partial charge is 0.480 e. The SMILES string of the molecule is COc1cc(C(C)NCC(F)F)sn1. The van der Waals surface area contributed by atoms with Crippen LogP contribution >= 0.6 is 11.5 Å². The lowest BCUT2D eigenvalue weighted by Gasteiger charge is -2.10. The van der Waals surface area contributed by atoms with E-state index in [1.807, 2.05) is 6.92 Å². The molecule has 1 atom stereocenters. The molecule has 6 heteroatoms. The van der Waals surface area contributed by atoms with E-state index in [1.165, 1.54) is 18.6 Å². The van der Waals surface area contributed by atoms with Crippen LogP contribution in [0.25, 0.3) is 0 Å². The molecule has 14 heavy (non-hydrogen) atoms. The minimum atomic E-state index is -2.33. The molecule has 3 nitrogen and oxygen atoms in total. The molecule has 80 valence electrons. The molecular formula is C8H12F2N2OS. The van der Waals surface area contributed by atoms with Crippen LogP contribution in [0.5, 0.6) is 5.88 Å². The smallest absolute Gasteiger partial charge is 0.250 e. The fourth-order valence-corrected chi connectivity index (χ4v) is 1.66. The van der Waals surface area contributed by atoms with Crippen LogP contribution in [-0.4, -0.2) is 24.5 Å². The number of nitrogens with one attached hydrogen (secondary N) is 1. The molecule has 1 aromatic rings. The minimum Gasteiger partial charge on any atom is -0.480 e. The molecule has 0 aliphatic rings. The maximum atomic E-state index is 11.9. The average molecular weight is 222 g/mol. The van der Waals surface area contributed by atoms with Crippen molar-refractivity contribution in [1.82, 2.24) is 9.69 Å². The molecule has 0 aliphatic heterocycles. The van der Waals surface area contributed by atoms with E-state index in [0.29, 0.717) is 5.88 Å². The molecule has 0 bridgehead atoms. The second kappa shape index (κ2) is 5.21. The molecule has 0 saturated carbocycles. The van der Waals surface area contributed by atoms with Crippen molar-refractivity contribution in [3.63, 3.8) is 0 Å². The molecule has 1 rings (SSSR count). The van der Waals surface area contributed by atoms with Crippen LogP contribution in [0.3, 0.4) is 0 Å². The fraction of sp³-hybridized carbons (Fsp3) is 0.625. The first-order valence-electron chi connectivity index (χ1n) is 4.15. The monoisotopic (exact) mass is 222 g/mol. The molecule has 0 aromatic carbocycles. The zero-order chi connectivity index (χ0) is 10.6. The molecule has 0 spiro atoms. The first kappa shape index (κ1) is 11.3. The lowest BCUT2D eigenvalue weighted by molar-refractivity contribution is 0.142. The molecule has 1 aromatic heterocycles. The summed E-state index contributed by atoms with van der Waals surface area (Å²) >= 11 is 1.25. The molecule has 0 aliphatic carbocycles. The second-order valence-electron chi connectivity index (χ2n) is 2.79. The van der Waals surface area contributed by atoms with Crippen molar-refractivity contribution < 1.29 is 13.5 Å². The van der Waals surface area contributed by atoms with Gasteiger partial charge in [0.15, 0.2) is 0 Å². The molecular weight excluding hydrogens is 210 g/mol. The Morgan fingerprint density at radius 1 is 1.64 bits per heavy atom. The zero-order valence-electron chi connectivity index (χ0n) is 7.96. The summed E-state index contributed by atoms with van der Waals surface area (Å²) in [6.45, 7) is 1.51. The summed E-state index contributed by atoms with van der Waals surface area (Å²) in [6.07, 6.45) is -2.33. The number of rotatable bonds is 5. The van der Waals surface area contributed by atoms with Crippen LogP contribution in [0.2, 0.25) is 0 Å². The first-order chi connectivity index (χ1) is 6.63. The predicted octanol–water partition coefficient (Wildman–Crippen LogP) is 2.07. The number of methoxy groups -OCH3 is 1. The van der Waals surface area contributed by atoms with Gasteiger partial charge in [-0.15, -0.1) is 0 Å². The Labute approximate surface area is 85.3 Å². The number of nitrogens with zero attached hydrogens (tertiary/aromatic N) is 1. The lowest BCUT2D eigenvalue weighted by atomic mass is 10.3. The topological polar surface area (TPSA) is 34.1 Å². The third-order valence-electron chi connectivity index (χ3n) is 1.72. The van der Waals surface area contributed by atoms with Gasteiger partial charge in [-0.1, -0.05) is 0 Å². The quantitative estimate of drug-likeness (QED) is 0.828. The van der Waals surface area contributed by atoms with Crippen molar-refractivity contribution in [2.75, 3.05) is 13.7 Å². The van der Waals surface area contributed by atoms with E-state index in [2.05, 4.69) is 9.69 Å². The van der Waals surface area contributed by atoms with Gasteiger partial charge in [0.25, 0.3) is 6.43 Å². The second-order valence-corrected chi connectivity index (χ2v) is 3.63. The standard InChI is InChI=1S/C8H12F2N2OS/c1-5(11-4-7(9)10)6-3-8(13-2)12-14-6/h3,5,7,11H,4H2,1-2H3. The number of ether oxygens (including phenoxy) is 1. The number of halogens is 2. The Morgan fingerprint density at radius 2 is 2.36 bits per heavy atom. The summed E-state index contributed by atoms with van der Waals surface area (Å²) in [6, 6.07) is 1.62. The number of aromatic nitrogens is 1. The van der Waals surface area contributed by atoms with Gasteiger partial charge in [-0.05, 0) is 18.5 Å². The molecule has 1 heterocycles. The third kappa shape index (κ3) is 3.19.